The number of hydrogen-bond donors (Lipinski definition) is 3. The SMILES string of the molecule is C=NC(C)(C)CCOC(C)(C)CCC(=O)NCC#CC(N)N. The molecule has 126 valence electrons. The maximum atomic E-state index is 11.7. The first-order chi connectivity index (χ1) is 10.1. The molecule has 0 aliphatic carbocycles. The topological polar surface area (TPSA) is 103 Å². The summed E-state index contributed by atoms with van der Waals surface area (Å²) in [6, 6.07) is 0. The number of carbonyl (C=O) groups excluding carboxylic acids is 1. The van der Waals surface area contributed by atoms with E-state index < -0.39 is 6.17 Å². The highest BCUT2D eigenvalue weighted by Crippen LogP contribution is 2.20. The summed E-state index contributed by atoms with van der Waals surface area (Å²) >= 11 is 0. The van der Waals surface area contributed by atoms with E-state index >= 15 is 0 Å². The van der Waals surface area contributed by atoms with E-state index in [1.165, 1.54) is 0 Å². The second-order valence-corrected chi connectivity index (χ2v) is 6.45. The fraction of sp³-hybridized carbons (Fsp3) is 0.750. The average molecular weight is 310 g/mol. The zero-order chi connectivity index (χ0) is 17.2. The molecule has 6 nitrogen and oxygen atoms in total. The van der Waals surface area contributed by atoms with Crippen LogP contribution in [0.3, 0.4) is 0 Å². The number of amides is 1. The maximum Gasteiger partial charge on any atom is 0.220 e. The Balaban J connectivity index is 3.99. The molecule has 0 heterocycles. The van der Waals surface area contributed by atoms with Gasteiger partial charge in [-0.05, 0) is 47.3 Å². The lowest BCUT2D eigenvalue weighted by molar-refractivity contribution is -0.122. The molecule has 0 spiro atoms. The van der Waals surface area contributed by atoms with Crippen LogP contribution in [-0.4, -0.2) is 43.1 Å². The van der Waals surface area contributed by atoms with Crippen molar-refractivity contribution in [1.82, 2.24) is 5.32 Å². The smallest absolute Gasteiger partial charge is 0.220 e. The number of aliphatic imine (C=N–C) groups is 1. The molecule has 0 aromatic heterocycles. The Labute approximate surface area is 134 Å². The molecule has 0 aliphatic rings. The molecule has 5 N–H and O–H groups in total. The van der Waals surface area contributed by atoms with E-state index in [1.807, 2.05) is 27.7 Å². The fourth-order valence-corrected chi connectivity index (χ4v) is 1.54. The van der Waals surface area contributed by atoms with Crippen molar-refractivity contribution in [2.45, 2.75) is 64.3 Å². The Morgan fingerprint density at radius 1 is 1.32 bits per heavy atom. The fourth-order valence-electron chi connectivity index (χ4n) is 1.54. The van der Waals surface area contributed by atoms with Crippen LogP contribution in [0.2, 0.25) is 0 Å². The minimum atomic E-state index is -0.668. The molecule has 0 rings (SSSR count). The van der Waals surface area contributed by atoms with Gasteiger partial charge in [-0.1, -0.05) is 11.8 Å². The highest BCUT2D eigenvalue weighted by molar-refractivity contribution is 5.76. The van der Waals surface area contributed by atoms with Gasteiger partial charge < -0.3 is 21.5 Å². The van der Waals surface area contributed by atoms with Crippen LogP contribution in [0, 0.1) is 11.8 Å². The second kappa shape index (κ2) is 9.57. The first kappa shape index (κ1) is 20.6. The third-order valence-electron chi connectivity index (χ3n) is 3.23. The molecule has 0 aliphatic heterocycles. The quantitative estimate of drug-likeness (QED) is 0.333. The van der Waals surface area contributed by atoms with Gasteiger partial charge in [0.15, 0.2) is 0 Å². The van der Waals surface area contributed by atoms with Crippen LogP contribution >= 0.6 is 0 Å². The van der Waals surface area contributed by atoms with Gasteiger partial charge in [0.25, 0.3) is 0 Å². The molecule has 0 aromatic carbocycles. The van der Waals surface area contributed by atoms with E-state index in [0.29, 0.717) is 19.4 Å². The first-order valence-electron chi connectivity index (χ1n) is 7.46. The number of rotatable bonds is 9. The van der Waals surface area contributed by atoms with Gasteiger partial charge in [0.05, 0.1) is 17.7 Å². The van der Waals surface area contributed by atoms with E-state index in [2.05, 4.69) is 28.9 Å². The number of hydrogen-bond acceptors (Lipinski definition) is 5. The normalized spacial score (nSPS) is 11.8. The molecule has 0 bridgehead atoms. The standard InChI is InChI=1S/C16H30N4O2/c1-15(2,19-5)10-12-22-16(3,4)9-8-14(21)20-11-6-7-13(17)18/h13H,5,8-12,17-18H2,1-4H3,(H,20,21). The van der Waals surface area contributed by atoms with Gasteiger partial charge in [-0.3, -0.25) is 9.79 Å². The van der Waals surface area contributed by atoms with Crippen molar-refractivity contribution < 1.29 is 9.53 Å². The monoisotopic (exact) mass is 310 g/mol. The third kappa shape index (κ3) is 11.3. The lowest BCUT2D eigenvalue weighted by Gasteiger charge is -2.27. The molecule has 0 fully saturated rings. The van der Waals surface area contributed by atoms with Crippen LogP contribution in [0.15, 0.2) is 4.99 Å². The molecule has 6 heteroatoms. The van der Waals surface area contributed by atoms with Crippen molar-refractivity contribution in [3.8, 4) is 11.8 Å². The van der Waals surface area contributed by atoms with Crippen molar-refractivity contribution in [3.63, 3.8) is 0 Å². The minimum Gasteiger partial charge on any atom is -0.375 e. The van der Waals surface area contributed by atoms with E-state index in [0.717, 1.165) is 6.42 Å². The van der Waals surface area contributed by atoms with Crippen LogP contribution in [0.1, 0.15) is 47.0 Å². The Kier molecular flexibility index (Phi) is 8.95. The predicted octanol–water partition coefficient (Wildman–Crippen LogP) is 0.794. The second-order valence-electron chi connectivity index (χ2n) is 6.45. The van der Waals surface area contributed by atoms with Crippen LogP contribution < -0.4 is 16.8 Å². The van der Waals surface area contributed by atoms with Crippen molar-refractivity contribution in [1.29, 1.82) is 0 Å². The number of nitrogens with two attached hydrogens (primary N) is 2. The lowest BCUT2D eigenvalue weighted by atomic mass is 10.0. The summed E-state index contributed by atoms with van der Waals surface area (Å²) in [7, 11) is 0. The average Bonchev–Trinajstić information content (AvgIpc) is 2.41. The molecular formula is C16H30N4O2. The van der Waals surface area contributed by atoms with Gasteiger partial charge in [0.2, 0.25) is 5.91 Å². The van der Waals surface area contributed by atoms with Crippen molar-refractivity contribution in [3.05, 3.63) is 0 Å². The number of ether oxygens (including phenoxy) is 1. The molecule has 0 radical (unpaired) electrons. The molecule has 22 heavy (non-hydrogen) atoms. The van der Waals surface area contributed by atoms with E-state index in [1.54, 1.807) is 0 Å². The van der Waals surface area contributed by atoms with E-state index in [9.17, 15) is 4.79 Å². The minimum absolute atomic E-state index is 0.0651. The van der Waals surface area contributed by atoms with Crippen LogP contribution in [0.4, 0.5) is 0 Å². The van der Waals surface area contributed by atoms with Gasteiger partial charge in [-0.2, -0.15) is 0 Å². The number of nitrogens with one attached hydrogen (secondary N) is 1. The van der Waals surface area contributed by atoms with Gasteiger partial charge in [-0.15, -0.1) is 0 Å². The summed E-state index contributed by atoms with van der Waals surface area (Å²) in [5, 5.41) is 2.70. The van der Waals surface area contributed by atoms with Gasteiger partial charge in [0, 0.05) is 13.0 Å². The number of carbonyl (C=O) groups is 1. The Morgan fingerprint density at radius 3 is 2.50 bits per heavy atom. The largest absolute Gasteiger partial charge is 0.375 e. The van der Waals surface area contributed by atoms with Crippen LogP contribution in [0.5, 0.6) is 0 Å². The molecule has 0 atom stereocenters. The lowest BCUT2D eigenvalue weighted by Crippen LogP contribution is -2.31. The van der Waals surface area contributed by atoms with Crippen LogP contribution in [-0.2, 0) is 9.53 Å². The Hall–Kier alpha value is -1.42. The molecular weight excluding hydrogens is 280 g/mol. The summed E-state index contributed by atoms with van der Waals surface area (Å²) in [6.45, 7) is 12.4. The zero-order valence-electron chi connectivity index (χ0n) is 14.2. The highest BCUT2D eigenvalue weighted by Gasteiger charge is 2.22. The predicted molar refractivity (Wildman–Crippen MR) is 90.5 cm³/mol. The van der Waals surface area contributed by atoms with E-state index in [4.69, 9.17) is 16.2 Å². The summed E-state index contributed by atoms with van der Waals surface area (Å²) in [6.07, 6.45) is 1.14. The van der Waals surface area contributed by atoms with Crippen molar-refractivity contribution in [2.24, 2.45) is 16.5 Å². The maximum absolute atomic E-state index is 11.7. The number of nitrogens with zero attached hydrogens (tertiary/aromatic N) is 1. The Morgan fingerprint density at radius 2 is 1.95 bits per heavy atom. The molecule has 0 saturated carbocycles. The third-order valence-corrected chi connectivity index (χ3v) is 3.23. The summed E-state index contributed by atoms with van der Waals surface area (Å²) in [5.74, 6) is 5.20. The first-order valence-corrected chi connectivity index (χ1v) is 7.46. The summed E-state index contributed by atoms with van der Waals surface area (Å²) < 4.78 is 5.85. The summed E-state index contributed by atoms with van der Waals surface area (Å²) in [4.78, 5) is 15.7. The molecule has 0 saturated heterocycles. The van der Waals surface area contributed by atoms with Gasteiger partial charge in [-0.25, -0.2) is 0 Å². The molecule has 1 amide bonds. The van der Waals surface area contributed by atoms with Crippen molar-refractivity contribution in [2.75, 3.05) is 13.2 Å². The molecule has 0 unspecified atom stereocenters. The highest BCUT2D eigenvalue weighted by atomic mass is 16.5. The van der Waals surface area contributed by atoms with E-state index in [-0.39, 0.29) is 23.6 Å². The van der Waals surface area contributed by atoms with Gasteiger partial charge >= 0.3 is 0 Å². The zero-order valence-corrected chi connectivity index (χ0v) is 14.2. The summed E-state index contributed by atoms with van der Waals surface area (Å²) in [5.41, 5.74) is 10.0. The Bertz CT molecular complexity index is 420. The van der Waals surface area contributed by atoms with Crippen molar-refractivity contribution >= 4 is 12.6 Å². The van der Waals surface area contributed by atoms with Crippen LogP contribution in [0.25, 0.3) is 0 Å². The molecule has 0 aromatic rings. The van der Waals surface area contributed by atoms with Gasteiger partial charge in [0.1, 0.15) is 6.17 Å².